The Morgan fingerprint density at radius 2 is 1.85 bits per heavy atom. The van der Waals surface area contributed by atoms with E-state index >= 15 is 0 Å². The second-order valence-electron chi connectivity index (χ2n) is 6.12. The van der Waals surface area contributed by atoms with E-state index in [0.29, 0.717) is 12.3 Å². The molecule has 26 heavy (non-hydrogen) atoms. The Morgan fingerprint density at radius 1 is 1.08 bits per heavy atom. The number of aromatic nitrogens is 1. The van der Waals surface area contributed by atoms with Gasteiger partial charge >= 0.3 is 0 Å². The maximum atomic E-state index is 10.2. The molecule has 1 unspecified atom stereocenters. The van der Waals surface area contributed by atoms with Crippen LogP contribution in [0.15, 0.2) is 48.7 Å². The number of aliphatic hydroxyl groups excluding tert-OH is 1. The molecule has 6 nitrogen and oxygen atoms in total. The molecular weight excluding hydrogens is 354 g/mol. The van der Waals surface area contributed by atoms with Crippen LogP contribution in [0.3, 0.4) is 0 Å². The molecule has 0 radical (unpaired) electrons. The van der Waals surface area contributed by atoms with E-state index in [1.807, 2.05) is 48.7 Å². The van der Waals surface area contributed by atoms with Crippen LogP contribution in [0.1, 0.15) is 0 Å². The Bertz CT molecular complexity index is 651. The van der Waals surface area contributed by atoms with Crippen molar-refractivity contribution in [2.24, 2.45) is 0 Å². The Morgan fingerprint density at radius 3 is 2.54 bits per heavy atom. The molecule has 1 fully saturated rings. The van der Waals surface area contributed by atoms with Crippen LogP contribution in [-0.2, 0) is 0 Å². The van der Waals surface area contributed by atoms with Crippen LogP contribution in [0.5, 0.6) is 11.5 Å². The molecule has 7 heteroatoms. The van der Waals surface area contributed by atoms with E-state index in [-0.39, 0.29) is 19.0 Å². The van der Waals surface area contributed by atoms with Crippen LogP contribution in [0.2, 0.25) is 0 Å². The largest absolute Gasteiger partial charge is 0.497 e. The fourth-order valence-electron chi connectivity index (χ4n) is 2.93. The first-order valence-electron chi connectivity index (χ1n) is 8.58. The van der Waals surface area contributed by atoms with Gasteiger partial charge in [0.05, 0.1) is 7.11 Å². The summed E-state index contributed by atoms with van der Waals surface area (Å²) in [5.41, 5.74) is 0. The molecule has 1 saturated heterocycles. The molecule has 1 aliphatic heterocycles. The number of benzene rings is 1. The van der Waals surface area contributed by atoms with Crippen molar-refractivity contribution in [3.63, 3.8) is 0 Å². The van der Waals surface area contributed by atoms with E-state index in [4.69, 9.17) is 9.47 Å². The third kappa shape index (κ3) is 5.76. The average molecular weight is 380 g/mol. The van der Waals surface area contributed by atoms with Crippen molar-refractivity contribution >= 4 is 18.2 Å². The molecule has 1 atom stereocenters. The molecule has 0 bridgehead atoms. The Balaban J connectivity index is 0.00000243. The highest BCUT2D eigenvalue weighted by Gasteiger charge is 2.20. The van der Waals surface area contributed by atoms with Gasteiger partial charge in [-0.2, -0.15) is 0 Å². The van der Waals surface area contributed by atoms with Gasteiger partial charge in [-0.1, -0.05) is 12.1 Å². The lowest BCUT2D eigenvalue weighted by molar-refractivity contribution is 0.0662. The highest BCUT2D eigenvalue weighted by Crippen LogP contribution is 2.19. The molecule has 1 N–H and O–H groups in total. The zero-order chi connectivity index (χ0) is 17.5. The second-order valence-corrected chi connectivity index (χ2v) is 6.12. The molecule has 142 valence electrons. The molecule has 2 aromatic rings. The number of ether oxygens (including phenoxy) is 2. The minimum absolute atomic E-state index is 0. The van der Waals surface area contributed by atoms with Crippen LogP contribution < -0.4 is 14.4 Å². The van der Waals surface area contributed by atoms with Gasteiger partial charge in [-0.3, -0.25) is 4.90 Å². The first-order valence-corrected chi connectivity index (χ1v) is 8.58. The number of pyridine rings is 1. The van der Waals surface area contributed by atoms with Crippen LogP contribution in [-0.4, -0.2) is 67.5 Å². The summed E-state index contributed by atoms with van der Waals surface area (Å²) in [5, 5.41) is 10.2. The van der Waals surface area contributed by atoms with Gasteiger partial charge in [-0.25, -0.2) is 4.98 Å². The highest BCUT2D eigenvalue weighted by atomic mass is 35.5. The predicted octanol–water partition coefficient (Wildman–Crippen LogP) is 2.07. The molecule has 1 aromatic heterocycles. The van der Waals surface area contributed by atoms with Gasteiger partial charge in [0.1, 0.15) is 30.0 Å². The van der Waals surface area contributed by atoms with Crippen LogP contribution >= 0.6 is 12.4 Å². The molecule has 0 saturated carbocycles. The molecule has 3 rings (SSSR count). The molecule has 1 aromatic carbocycles. The van der Waals surface area contributed by atoms with E-state index < -0.39 is 6.10 Å². The first kappa shape index (κ1) is 20.3. The lowest BCUT2D eigenvalue weighted by Gasteiger charge is -2.36. The summed E-state index contributed by atoms with van der Waals surface area (Å²) < 4.78 is 10.8. The summed E-state index contributed by atoms with van der Waals surface area (Å²) in [7, 11) is 1.62. The fraction of sp³-hybridized carbons (Fsp3) is 0.421. The van der Waals surface area contributed by atoms with Gasteiger partial charge in [0, 0.05) is 45.0 Å². The maximum Gasteiger partial charge on any atom is 0.128 e. The lowest BCUT2D eigenvalue weighted by Crippen LogP contribution is -2.49. The lowest BCUT2D eigenvalue weighted by atomic mass is 10.2. The van der Waals surface area contributed by atoms with Crippen LogP contribution in [0.25, 0.3) is 0 Å². The number of rotatable bonds is 7. The summed E-state index contributed by atoms with van der Waals surface area (Å²) in [4.78, 5) is 8.93. The van der Waals surface area contributed by atoms with Gasteiger partial charge in [-0.05, 0) is 24.3 Å². The van der Waals surface area contributed by atoms with Gasteiger partial charge in [0.25, 0.3) is 0 Å². The summed E-state index contributed by atoms with van der Waals surface area (Å²) in [6.45, 7) is 4.54. The summed E-state index contributed by atoms with van der Waals surface area (Å²) in [6.07, 6.45) is 1.30. The topological polar surface area (TPSA) is 58.1 Å². The van der Waals surface area contributed by atoms with Gasteiger partial charge in [0.15, 0.2) is 0 Å². The molecular formula is C19H26ClN3O3. The number of aliphatic hydroxyl groups is 1. The van der Waals surface area contributed by atoms with E-state index in [0.717, 1.165) is 37.7 Å². The number of methoxy groups -OCH3 is 1. The number of anilines is 1. The van der Waals surface area contributed by atoms with Crippen LogP contribution in [0.4, 0.5) is 5.82 Å². The van der Waals surface area contributed by atoms with E-state index in [1.54, 1.807) is 7.11 Å². The number of hydrogen-bond acceptors (Lipinski definition) is 6. The average Bonchev–Trinajstić information content (AvgIpc) is 2.68. The van der Waals surface area contributed by atoms with E-state index in [9.17, 15) is 5.11 Å². The summed E-state index contributed by atoms with van der Waals surface area (Å²) >= 11 is 0. The van der Waals surface area contributed by atoms with Gasteiger partial charge in [0.2, 0.25) is 0 Å². The van der Waals surface area contributed by atoms with Crippen LogP contribution in [0, 0.1) is 0 Å². The van der Waals surface area contributed by atoms with Gasteiger partial charge < -0.3 is 19.5 Å². The van der Waals surface area contributed by atoms with Crippen molar-refractivity contribution in [2.45, 2.75) is 6.10 Å². The minimum atomic E-state index is -0.521. The number of piperazine rings is 1. The number of hydrogen-bond donors (Lipinski definition) is 1. The number of halogens is 1. The normalized spacial score (nSPS) is 15.8. The number of β-amino-alcohol motifs (C(OH)–C–C–N with tert-alkyl or cyclic N) is 1. The van der Waals surface area contributed by atoms with Crippen molar-refractivity contribution in [3.05, 3.63) is 48.7 Å². The highest BCUT2D eigenvalue weighted by molar-refractivity contribution is 5.85. The zero-order valence-corrected chi connectivity index (χ0v) is 15.8. The standard InChI is InChI=1S/C19H25N3O3.ClH/c1-24-17-5-4-6-18(13-17)25-15-16(23)14-21-9-11-22(12-10-21)19-7-2-3-8-20-19;/h2-8,13,16,23H,9-12,14-15H2,1H3;1H. The van der Waals surface area contributed by atoms with Crippen molar-refractivity contribution in [1.29, 1.82) is 0 Å². The second kappa shape index (κ2) is 10.2. The Labute approximate surface area is 160 Å². The molecule has 2 heterocycles. The SMILES string of the molecule is COc1cccc(OCC(O)CN2CCN(c3ccccn3)CC2)c1.Cl. The molecule has 0 amide bonds. The third-order valence-electron chi connectivity index (χ3n) is 4.30. The zero-order valence-electron chi connectivity index (χ0n) is 15.0. The number of nitrogens with zero attached hydrogens (tertiary/aromatic N) is 3. The van der Waals surface area contributed by atoms with E-state index in [2.05, 4.69) is 14.8 Å². The maximum absolute atomic E-state index is 10.2. The smallest absolute Gasteiger partial charge is 0.128 e. The predicted molar refractivity (Wildman–Crippen MR) is 105 cm³/mol. The van der Waals surface area contributed by atoms with Crippen molar-refractivity contribution in [2.75, 3.05) is 51.3 Å². The Kier molecular flexibility index (Phi) is 7.97. The van der Waals surface area contributed by atoms with Crippen molar-refractivity contribution < 1.29 is 14.6 Å². The fourth-order valence-corrected chi connectivity index (χ4v) is 2.93. The van der Waals surface area contributed by atoms with Gasteiger partial charge in [-0.15, -0.1) is 12.4 Å². The first-order chi connectivity index (χ1) is 12.2. The third-order valence-corrected chi connectivity index (χ3v) is 4.30. The molecule has 0 aliphatic carbocycles. The Hall–Kier alpha value is -2.02. The molecule has 1 aliphatic rings. The minimum Gasteiger partial charge on any atom is -0.497 e. The van der Waals surface area contributed by atoms with Crippen molar-refractivity contribution in [1.82, 2.24) is 9.88 Å². The summed E-state index contributed by atoms with van der Waals surface area (Å²) in [6, 6.07) is 13.4. The molecule has 0 spiro atoms. The quantitative estimate of drug-likeness (QED) is 0.794. The van der Waals surface area contributed by atoms with E-state index in [1.165, 1.54) is 0 Å². The van der Waals surface area contributed by atoms with Crippen molar-refractivity contribution in [3.8, 4) is 11.5 Å². The summed E-state index contributed by atoms with van der Waals surface area (Å²) in [5.74, 6) is 2.47. The monoisotopic (exact) mass is 379 g/mol.